The lowest BCUT2D eigenvalue weighted by molar-refractivity contribution is -0.0505. The summed E-state index contributed by atoms with van der Waals surface area (Å²) in [7, 11) is 0. The fourth-order valence-electron chi connectivity index (χ4n) is 1.78. The van der Waals surface area contributed by atoms with Gasteiger partial charge in [0.2, 0.25) is 0 Å². The molecule has 0 spiro atoms. The molecule has 1 aromatic carbocycles. The van der Waals surface area contributed by atoms with E-state index in [0.717, 1.165) is 5.69 Å². The van der Waals surface area contributed by atoms with Crippen LogP contribution in [0.1, 0.15) is 42.1 Å². The van der Waals surface area contributed by atoms with E-state index in [4.69, 9.17) is 5.73 Å². The minimum absolute atomic E-state index is 0.0938. The highest BCUT2D eigenvalue weighted by Crippen LogP contribution is 2.31. The molecule has 0 radical (unpaired) electrons. The van der Waals surface area contributed by atoms with Crippen LogP contribution in [0.2, 0.25) is 0 Å². The van der Waals surface area contributed by atoms with Crippen LogP contribution in [-0.2, 0) is 0 Å². The van der Waals surface area contributed by atoms with Gasteiger partial charge in [-0.2, -0.15) is 8.78 Å². The number of aromatic nitrogens is 1. The maximum Gasteiger partial charge on any atom is 0.387 e. The summed E-state index contributed by atoms with van der Waals surface area (Å²) in [5.41, 5.74) is 7.59. The van der Waals surface area contributed by atoms with E-state index in [1.165, 1.54) is 17.4 Å². The van der Waals surface area contributed by atoms with Gasteiger partial charge in [0.25, 0.3) is 0 Å². The highest BCUT2D eigenvalue weighted by molar-refractivity contribution is 7.09. The van der Waals surface area contributed by atoms with Gasteiger partial charge in [0, 0.05) is 10.9 Å². The van der Waals surface area contributed by atoms with E-state index in [1.54, 1.807) is 18.2 Å². The standard InChI is InChI=1S/C14H16F2N2OS/c1-8(2)10-7-20-13(18-10)12(17)9-5-3-4-6-11(9)19-14(15)16/h3-8,12,14H,17H2,1-2H3. The van der Waals surface area contributed by atoms with Gasteiger partial charge in [-0.3, -0.25) is 0 Å². The molecule has 2 aromatic rings. The van der Waals surface area contributed by atoms with Gasteiger partial charge >= 0.3 is 6.61 Å². The SMILES string of the molecule is CC(C)c1csc(C(N)c2ccccc2OC(F)F)n1. The zero-order valence-electron chi connectivity index (χ0n) is 11.2. The van der Waals surface area contributed by atoms with E-state index in [2.05, 4.69) is 9.72 Å². The average molecular weight is 298 g/mol. The summed E-state index contributed by atoms with van der Waals surface area (Å²) in [6.07, 6.45) is 0. The predicted molar refractivity (Wildman–Crippen MR) is 75.3 cm³/mol. The van der Waals surface area contributed by atoms with Gasteiger partial charge in [-0.15, -0.1) is 11.3 Å². The average Bonchev–Trinajstić information content (AvgIpc) is 2.87. The van der Waals surface area contributed by atoms with Crippen LogP contribution in [-0.4, -0.2) is 11.6 Å². The number of alkyl halides is 2. The van der Waals surface area contributed by atoms with Crippen LogP contribution in [0.15, 0.2) is 29.6 Å². The van der Waals surface area contributed by atoms with Crippen molar-refractivity contribution in [2.75, 3.05) is 0 Å². The van der Waals surface area contributed by atoms with Gasteiger partial charge in [-0.25, -0.2) is 4.98 Å². The summed E-state index contributed by atoms with van der Waals surface area (Å²) >= 11 is 1.43. The zero-order valence-corrected chi connectivity index (χ0v) is 12.0. The van der Waals surface area contributed by atoms with Crippen LogP contribution in [0.4, 0.5) is 8.78 Å². The molecule has 0 saturated carbocycles. The van der Waals surface area contributed by atoms with Crippen molar-refractivity contribution >= 4 is 11.3 Å². The lowest BCUT2D eigenvalue weighted by Gasteiger charge is -2.14. The molecular weight excluding hydrogens is 282 g/mol. The van der Waals surface area contributed by atoms with Crippen LogP contribution in [0.5, 0.6) is 5.75 Å². The summed E-state index contributed by atoms with van der Waals surface area (Å²) in [5.74, 6) is 0.399. The summed E-state index contributed by atoms with van der Waals surface area (Å²) in [5, 5.41) is 2.63. The minimum atomic E-state index is -2.87. The number of benzene rings is 1. The normalized spacial score (nSPS) is 12.9. The third-order valence-electron chi connectivity index (χ3n) is 2.87. The molecule has 2 N–H and O–H groups in total. The van der Waals surface area contributed by atoms with Crippen molar-refractivity contribution in [1.29, 1.82) is 0 Å². The molecule has 20 heavy (non-hydrogen) atoms. The van der Waals surface area contributed by atoms with Crippen molar-refractivity contribution < 1.29 is 13.5 Å². The molecule has 1 heterocycles. The summed E-state index contributed by atoms with van der Waals surface area (Å²) in [6.45, 7) is 1.21. The van der Waals surface area contributed by atoms with E-state index in [-0.39, 0.29) is 5.75 Å². The zero-order chi connectivity index (χ0) is 14.7. The van der Waals surface area contributed by atoms with Crippen LogP contribution in [0, 0.1) is 0 Å². The van der Waals surface area contributed by atoms with Crippen LogP contribution < -0.4 is 10.5 Å². The second-order valence-electron chi connectivity index (χ2n) is 4.66. The Balaban J connectivity index is 2.30. The number of nitrogens with zero attached hydrogens (tertiary/aromatic N) is 1. The molecule has 0 aliphatic rings. The van der Waals surface area contributed by atoms with Crippen molar-refractivity contribution in [1.82, 2.24) is 4.98 Å². The number of rotatable bonds is 5. The van der Waals surface area contributed by atoms with E-state index >= 15 is 0 Å². The maximum absolute atomic E-state index is 12.4. The van der Waals surface area contributed by atoms with Gasteiger partial charge in [0.05, 0.1) is 11.7 Å². The van der Waals surface area contributed by atoms with Crippen molar-refractivity contribution in [3.8, 4) is 5.75 Å². The van der Waals surface area contributed by atoms with Crippen LogP contribution >= 0.6 is 11.3 Å². The Morgan fingerprint density at radius 3 is 2.55 bits per heavy atom. The Kier molecular flexibility index (Phi) is 4.67. The summed E-state index contributed by atoms with van der Waals surface area (Å²) < 4.78 is 29.3. The molecule has 3 nitrogen and oxygen atoms in total. The first-order chi connectivity index (χ1) is 9.49. The summed E-state index contributed by atoms with van der Waals surface area (Å²) in [4.78, 5) is 4.46. The Morgan fingerprint density at radius 1 is 1.25 bits per heavy atom. The monoisotopic (exact) mass is 298 g/mol. The molecule has 1 unspecified atom stereocenters. The molecule has 0 aliphatic carbocycles. The largest absolute Gasteiger partial charge is 0.434 e. The van der Waals surface area contributed by atoms with Gasteiger partial charge < -0.3 is 10.5 Å². The molecule has 1 aromatic heterocycles. The molecule has 0 aliphatic heterocycles. The van der Waals surface area contributed by atoms with Crippen LogP contribution in [0.25, 0.3) is 0 Å². The number of nitrogens with two attached hydrogens (primary N) is 1. The summed E-state index contributed by atoms with van der Waals surface area (Å²) in [6, 6.07) is 5.97. The maximum atomic E-state index is 12.4. The molecule has 1 atom stereocenters. The molecule has 108 valence electrons. The van der Waals surface area contributed by atoms with Gasteiger partial charge in [-0.05, 0) is 12.0 Å². The Morgan fingerprint density at radius 2 is 1.95 bits per heavy atom. The fourth-order valence-corrected chi connectivity index (χ4v) is 2.78. The molecule has 0 fully saturated rings. The van der Waals surface area contributed by atoms with E-state index in [0.29, 0.717) is 16.5 Å². The quantitative estimate of drug-likeness (QED) is 0.910. The first-order valence-corrected chi connectivity index (χ1v) is 7.11. The van der Waals surface area contributed by atoms with Crippen molar-refractivity contribution in [2.24, 2.45) is 5.73 Å². The fraction of sp³-hybridized carbons (Fsp3) is 0.357. The topological polar surface area (TPSA) is 48.1 Å². The van der Waals surface area contributed by atoms with Gasteiger partial charge in [0.15, 0.2) is 0 Å². The second-order valence-corrected chi connectivity index (χ2v) is 5.55. The molecular formula is C14H16F2N2OS. The molecule has 6 heteroatoms. The highest BCUT2D eigenvalue weighted by atomic mass is 32.1. The molecule has 2 rings (SSSR count). The van der Waals surface area contributed by atoms with Crippen LogP contribution in [0.3, 0.4) is 0 Å². The predicted octanol–water partition coefficient (Wildman–Crippen LogP) is 3.92. The Hall–Kier alpha value is -1.53. The number of thiazole rings is 1. The first kappa shape index (κ1) is 14.9. The van der Waals surface area contributed by atoms with Gasteiger partial charge in [0.1, 0.15) is 10.8 Å². The minimum Gasteiger partial charge on any atom is -0.434 e. The van der Waals surface area contributed by atoms with Crippen molar-refractivity contribution in [3.63, 3.8) is 0 Å². The van der Waals surface area contributed by atoms with E-state index in [9.17, 15) is 8.78 Å². The lowest BCUT2D eigenvalue weighted by Crippen LogP contribution is -2.14. The number of halogens is 2. The number of hydrogen-bond donors (Lipinski definition) is 1. The third kappa shape index (κ3) is 3.32. The number of para-hydroxylation sites is 1. The van der Waals surface area contributed by atoms with Gasteiger partial charge in [-0.1, -0.05) is 32.0 Å². The molecule has 0 saturated heterocycles. The van der Waals surface area contributed by atoms with Crippen molar-refractivity contribution in [3.05, 3.63) is 45.9 Å². The van der Waals surface area contributed by atoms with Crippen molar-refractivity contribution in [2.45, 2.75) is 32.4 Å². The molecule has 0 bridgehead atoms. The third-order valence-corrected chi connectivity index (χ3v) is 3.81. The Labute approximate surface area is 120 Å². The molecule has 0 amide bonds. The second kappa shape index (κ2) is 6.28. The first-order valence-electron chi connectivity index (χ1n) is 6.23. The smallest absolute Gasteiger partial charge is 0.387 e. The number of hydrogen-bond acceptors (Lipinski definition) is 4. The van der Waals surface area contributed by atoms with E-state index in [1.807, 2.05) is 19.2 Å². The lowest BCUT2D eigenvalue weighted by atomic mass is 10.1. The highest BCUT2D eigenvalue weighted by Gasteiger charge is 2.19. The number of ether oxygens (including phenoxy) is 1. The van der Waals surface area contributed by atoms with E-state index < -0.39 is 12.7 Å². The Bertz CT molecular complexity index is 572.